The van der Waals surface area contributed by atoms with Crippen molar-refractivity contribution in [1.29, 1.82) is 0 Å². The number of ether oxygens (including phenoxy) is 1. The fourth-order valence-electron chi connectivity index (χ4n) is 2.49. The molecule has 0 atom stereocenters. The third-order valence-electron chi connectivity index (χ3n) is 3.82. The summed E-state index contributed by atoms with van der Waals surface area (Å²) in [7, 11) is 1.63. The maximum absolute atomic E-state index is 12.0. The van der Waals surface area contributed by atoms with Crippen molar-refractivity contribution in [3.63, 3.8) is 0 Å². The third kappa shape index (κ3) is 7.50. The summed E-state index contributed by atoms with van der Waals surface area (Å²) in [6, 6.07) is 14.8. The standard InChI is InChI=1S/C21H27N3O3/c1-15(2)12-20(25)23-17-6-8-18(9-7-17)24-21(26)14-22-13-16-4-10-19(27-3)11-5-16/h4-11,15,22H,12-14H2,1-3H3,(H,23,25)(H,24,26). The van der Waals surface area contributed by atoms with Crippen LogP contribution in [-0.2, 0) is 16.1 Å². The van der Waals surface area contributed by atoms with E-state index in [-0.39, 0.29) is 18.4 Å². The molecule has 0 radical (unpaired) electrons. The Balaban J connectivity index is 1.74. The van der Waals surface area contributed by atoms with Crippen LogP contribution in [0, 0.1) is 5.92 Å². The molecule has 0 saturated carbocycles. The minimum Gasteiger partial charge on any atom is -0.497 e. The van der Waals surface area contributed by atoms with Crippen molar-refractivity contribution in [3.8, 4) is 5.75 Å². The molecular weight excluding hydrogens is 342 g/mol. The number of methoxy groups -OCH3 is 1. The van der Waals surface area contributed by atoms with E-state index in [1.807, 2.05) is 38.1 Å². The molecular formula is C21H27N3O3. The second kappa shape index (κ2) is 10.3. The number of carbonyl (C=O) groups excluding carboxylic acids is 2. The van der Waals surface area contributed by atoms with Crippen LogP contribution in [0.2, 0.25) is 0 Å². The van der Waals surface area contributed by atoms with Gasteiger partial charge < -0.3 is 20.7 Å². The van der Waals surface area contributed by atoms with Crippen molar-refractivity contribution >= 4 is 23.2 Å². The first-order valence-corrected chi connectivity index (χ1v) is 8.99. The average molecular weight is 369 g/mol. The predicted octanol–water partition coefficient (Wildman–Crippen LogP) is 3.41. The molecule has 0 aliphatic rings. The molecule has 2 aromatic rings. The Labute approximate surface area is 160 Å². The molecule has 0 aliphatic carbocycles. The van der Waals surface area contributed by atoms with Crippen molar-refractivity contribution in [2.45, 2.75) is 26.8 Å². The van der Waals surface area contributed by atoms with E-state index in [2.05, 4.69) is 16.0 Å². The lowest BCUT2D eigenvalue weighted by atomic mass is 10.1. The van der Waals surface area contributed by atoms with E-state index in [1.54, 1.807) is 31.4 Å². The van der Waals surface area contributed by atoms with Gasteiger partial charge in [-0.1, -0.05) is 26.0 Å². The van der Waals surface area contributed by atoms with Crippen LogP contribution < -0.4 is 20.7 Å². The van der Waals surface area contributed by atoms with E-state index >= 15 is 0 Å². The molecule has 0 spiro atoms. The zero-order valence-electron chi connectivity index (χ0n) is 16.0. The number of rotatable bonds is 9. The first kappa shape index (κ1) is 20.5. The minimum absolute atomic E-state index is 0.00971. The maximum atomic E-state index is 12.0. The lowest BCUT2D eigenvalue weighted by Gasteiger charge is -2.10. The van der Waals surface area contributed by atoms with Crippen molar-refractivity contribution in [3.05, 3.63) is 54.1 Å². The lowest BCUT2D eigenvalue weighted by Crippen LogP contribution is -2.27. The van der Waals surface area contributed by atoms with E-state index in [0.717, 1.165) is 17.0 Å². The number of anilines is 2. The summed E-state index contributed by atoms with van der Waals surface area (Å²) < 4.78 is 5.12. The summed E-state index contributed by atoms with van der Waals surface area (Å²) >= 11 is 0. The molecule has 3 N–H and O–H groups in total. The summed E-state index contributed by atoms with van der Waals surface area (Å²) in [5.41, 5.74) is 2.48. The van der Waals surface area contributed by atoms with E-state index in [1.165, 1.54) is 0 Å². The van der Waals surface area contributed by atoms with Crippen LogP contribution >= 0.6 is 0 Å². The Morgan fingerprint density at radius 2 is 1.44 bits per heavy atom. The zero-order chi connectivity index (χ0) is 19.6. The Kier molecular flexibility index (Phi) is 7.82. The number of nitrogens with one attached hydrogen (secondary N) is 3. The quantitative estimate of drug-likeness (QED) is 0.633. The number of hydrogen-bond donors (Lipinski definition) is 3. The predicted molar refractivity (Wildman–Crippen MR) is 108 cm³/mol. The highest BCUT2D eigenvalue weighted by Gasteiger charge is 2.06. The number of benzene rings is 2. The van der Waals surface area contributed by atoms with Gasteiger partial charge in [-0.05, 0) is 47.9 Å². The van der Waals surface area contributed by atoms with Gasteiger partial charge in [-0.15, -0.1) is 0 Å². The van der Waals surface area contributed by atoms with E-state index in [0.29, 0.717) is 24.6 Å². The summed E-state index contributed by atoms with van der Waals surface area (Å²) in [5.74, 6) is 0.985. The van der Waals surface area contributed by atoms with Crippen LogP contribution in [0.5, 0.6) is 5.75 Å². The topological polar surface area (TPSA) is 79.5 Å². The average Bonchev–Trinajstić information content (AvgIpc) is 2.63. The molecule has 6 heteroatoms. The molecule has 0 heterocycles. The summed E-state index contributed by atoms with van der Waals surface area (Å²) in [6.45, 7) is 4.80. The summed E-state index contributed by atoms with van der Waals surface area (Å²) in [6.07, 6.45) is 0.484. The number of hydrogen-bond acceptors (Lipinski definition) is 4. The first-order valence-electron chi connectivity index (χ1n) is 8.99. The molecule has 0 aromatic heterocycles. The summed E-state index contributed by atoms with van der Waals surface area (Å²) in [5, 5.41) is 8.77. The van der Waals surface area contributed by atoms with E-state index < -0.39 is 0 Å². The number of carbonyl (C=O) groups is 2. The van der Waals surface area contributed by atoms with Gasteiger partial charge >= 0.3 is 0 Å². The smallest absolute Gasteiger partial charge is 0.238 e. The van der Waals surface area contributed by atoms with Gasteiger partial charge in [-0.3, -0.25) is 9.59 Å². The van der Waals surface area contributed by atoms with Gasteiger partial charge in [-0.25, -0.2) is 0 Å². The molecule has 0 bridgehead atoms. The number of amides is 2. The van der Waals surface area contributed by atoms with Gasteiger partial charge in [0.1, 0.15) is 5.75 Å². The second-order valence-corrected chi connectivity index (χ2v) is 6.72. The SMILES string of the molecule is COc1ccc(CNCC(=O)Nc2ccc(NC(=O)CC(C)C)cc2)cc1. The molecule has 0 saturated heterocycles. The van der Waals surface area contributed by atoms with Gasteiger partial charge in [0.25, 0.3) is 0 Å². The molecule has 27 heavy (non-hydrogen) atoms. The maximum Gasteiger partial charge on any atom is 0.238 e. The fraction of sp³-hybridized carbons (Fsp3) is 0.333. The molecule has 6 nitrogen and oxygen atoms in total. The van der Waals surface area contributed by atoms with Gasteiger partial charge in [0.15, 0.2) is 0 Å². The largest absolute Gasteiger partial charge is 0.497 e. The van der Waals surface area contributed by atoms with Crippen molar-refractivity contribution in [1.82, 2.24) is 5.32 Å². The summed E-state index contributed by atoms with van der Waals surface area (Å²) in [4.78, 5) is 23.8. The molecule has 2 amide bonds. The van der Waals surface area contributed by atoms with Crippen LogP contribution in [-0.4, -0.2) is 25.5 Å². The molecule has 144 valence electrons. The van der Waals surface area contributed by atoms with Gasteiger partial charge in [0, 0.05) is 24.3 Å². The van der Waals surface area contributed by atoms with Crippen LogP contribution in [0.3, 0.4) is 0 Å². The fourth-order valence-corrected chi connectivity index (χ4v) is 2.49. The highest BCUT2D eigenvalue weighted by Crippen LogP contribution is 2.14. The van der Waals surface area contributed by atoms with Crippen LogP contribution in [0.4, 0.5) is 11.4 Å². The van der Waals surface area contributed by atoms with Crippen molar-refractivity contribution in [2.24, 2.45) is 5.92 Å². The van der Waals surface area contributed by atoms with E-state index in [9.17, 15) is 9.59 Å². The zero-order valence-corrected chi connectivity index (χ0v) is 16.0. The lowest BCUT2D eigenvalue weighted by molar-refractivity contribution is -0.117. The van der Waals surface area contributed by atoms with Gasteiger partial charge in [0.05, 0.1) is 13.7 Å². The van der Waals surface area contributed by atoms with Gasteiger partial charge in [-0.2, -0.15) is 0 Å². The molecule has 0 unspecified atom stereocenters. The van der Waals surface area contributed by atoms with Crippen LogP contribution in [0.25, 0.3) is 0 Å². The molecule has 0 fully saturated rings. The van der Waals surface area contributed by atoms with Crippen molar-refractivity contribution in [2.75, 3.05) is 24.3 Å². The highest BCUT2D eigenvalue weighted by molar-refractivity contribution is 5.93. The Morgan fingerprint density at radius 1 is 0.889 bits per heavy atom. The third-order valence-corrected chi connectivity index (χ3v) is 3.82. The second-order valence-electron chi connectivity index (χ2n) is 6.72. The Hall–Kier alpha value is -2.86. The highest BCUT2D eigenvalue weighted by atomic mass is 16.5. The normalized spacial score (nSPS) is 10.5. The van der Waals surface area contributed by atoms with Crippen molar-refractivity contribution < 1.29 is 14.3 Å². The molecule has 0 aliphatic heterocycles. The monoisotopic (exact) mass is 369 g/mol. The Bertz CT molecular complexity index is 740. The molecule has 2 aromatic carbocycles. The van der Waals surface area contributed by atoms with Crippen LogP contribution in [0.1, 0.15) is 25.8 Å². The minimum atomic E-state index is -0.125. The Morgan fingerprint density at radius 3 is 1.96 bits per heavy atom. The van der Waals surface area contributed by atoms with E-state index in [4.69, 9.17) is 4.74 Å². The van der Waals surface area contributed by atoms with Crippen LogP contribution in [0.15, 0.2) is 48.5 Å². The first-order chi connectivity index (χ1) is 13.0. The molecule has 2 rings (SSSR count). The van der Waals surface area contributed by atoms with Gasteiger partial charge in [0.2, 0.25) is 11.8 Å².